The third-order valence-electron chi connectivity index (χ3n) is 0.980. The van der Waals surface area contributed by atoms with Crippen molar-refractivity contribution < 1.29 is 14.7 Å². The van der Waals surface area contributed by atoms with Crippen LogP contribution in [-0.4, -0.2) is 34.2 Å². The predicted molar refractivity (Wildman–Crippen MR) is 37.4 cm³/mol. The molecule has 0 saturated carbocycles. The van der Waals surface area contributed by atoms with E-state index in [1.807, 2.05) is 0 Å². The number of carboxylic acid groups (broad SMARTS) is 1. The number of carboxylic acids is 1. The van der Waals surface area contributed by atoms with Gasteiger partial charge in [0.15, 0.2) is 17.4 Å². The van der Waals surface area contributed by atoms with Gasteiger partial charge in [-0.2, -0.15) is 0 Å². The van der Waals surface area contributed by atoms with Crippen LogP contribution in [0.1, 0.15) is 13.8 Å². The molecule has 0 aliphatic carbocycles. The zero-order valence-electron chi connectivity index (χ0n) is 4.84. The lowest BCUT2D eigenvalue weighted by Gasteiger charge is -1.96. The van der Waals surface area contributed by atoms with E-state index >= 15 is 0 Å². The van der Waals surface area contributed by atoms with Gasteiger partial charge < -0.3 is 5.11 Å². The van der Waals surface area contributed by atoms with Crippen molar-refractivity contribution in [2.24, 2.45) is 5.92 Å². The molecule has 1 N–H and O–H groups in total. The third kappa shape index (κ3) is 4.19. The minimum atomic E-state index is -1.06. The van der Waals surface area contributed by atoms with Crippen molar-refractivity contribution in [3.63, 3.8) is 0 Å². The SMILES string of the molecule is CC(=O)C(C)C(=O)O.[AlH3]. The number of aliphatic carboxylic acids is 1. The van der Waals surface area contributed by atoms with Crippen molar-refractivity contribution in [2.45, 2.75) is 13.8 Å². The van der Waals surface area contributed by atoms with Gasteiger partial charge in [-0.1, -0.05) is 0 Å². The maximum absolute atomic E-state index is 10.2. The molecule has 0 aliphatic heterocycles. The minimum Gasteiger partial charge on any atom is -0.481 e. The summed E-state index contributed by atoms with van der Waals surface area (Å²) in [6.45, 7) is 2.63. The molecule has 0 aliphatic rings. The van der Waals surface area contributed by atoms with Crippen molar-refractivity contribution >= 4 is 29.1 Å². The van der Waals surface area contributed by atoms with Crippen molar-refractivity contribution in [3.8, 4) is 0 Å². The Labute approximate surface area is 64.2 Å². The highest BCUT2D eigenvalue weighted by atomic mass is 27.0. The minimum absolute atomic E-state index is 0. The number of Topliss-reactive ketones (excluding diaryl/α,β-unsaturated/α-hetero) is 1. The van der Waals surface area contributed by atoms with E-state index in [1.54, 1.807) is 0 Å². The Morgan fingerprint density at radius 1 is 1.44 bits per heavy atom. The zero-order chi connectivity index (χ0) is 6.73. The lowest BCUT2D eigenvalue weighted by atomic mass is 10.1. The van der Waals surface area contributed by atoms with Gasteiger partial charge in [-0.05, 0) is 13.8 Å². The molecule has 0 aromatic heterocycles. The van der Waals surface area contributed by atoms with Crippen molar-refractivity contribution in [1.82, 2.24) is 0 Å². The molecule has 4 heteroatoms. The summed E-state index contributed by atoms with van der Waals surface area (Å²) in [5, 5.41) is 8.13. The summed E-state index contributed by atoms with van der Waals surface area (Å²) in [5.41, 5.74) is 0. The van der Waals surface area contributed by atoms with Crippen LogP contribution in [0, 0.1) is 5.92 Å². The number of carbonyl (C=O) groups excluding carboxylic acids is 1. The van der Waals surface area contributed by atoms with Gasteiger partial charge in [0.25, 0.3) is 0 Å². The van der Waals surface area contributed by atoms with Crippen molar-refractivity contribution in [3.05, 3.63) is 0 Å². The van der Waals surface area contributed by atoms with Crippen molar-refractivity contribution in [1.29, 1.82) is 0 Å². The molecule has 52 valence electrons. The van der Waals surface area contributed by atoms with Crippen LogP contribution in [0.4, 0.5) is 0 Å². The maximum Gasteiger partial charge on any atom is 0.313 e. The van der Waals surface area contributed by atoms with Gasteiger partial charge in [-0.15, -0.1) is 0 Å². The quantitative estimate of drug-likeness (QED) is 0.406. The molecule has 0 rings (SSSR count). The summed E-state index contributed by atoms with van der Waals surface area (Å²) in [4.78, 5) is 20.1. The van der Waals surface area contributed by atoms with Crippen LogP contribution >= 0.6 is 0 Å². The molecule has 1 unspecified atom stereocenters. The first-order valence-electron chi connectivity index (χ1n) is 2.29. The highest BCUT2D eigenvalue weighted by Gasteiger charge is 2.14. The van der Waals surface area contributed by atoms with E-state index in [4.69, 9.17) is 5.11 Å². The molecule has 0 aromatic carbocycles. The van der Waals surface area contributed by atoms with Gasteiger partial charge >= 0.3 is 5.97 Å². The van der Waals surface area contributed by atoms with Gasteiger partial charge in [-0.3, -0.25) is 9.59 Å². The number of ketones is 1. The van der Waals surface area contributed by atoms with Crippen LogP contribution in [0.5, 0.6) is 0 Å². The van der Waals surface area contributed by atoms with Crippen LogP contribution in [0.15, 0.2) is 0 Å². The summed E-state index contributed by atoms with van der Waals surface area (Å²) < 4.78 is 0. The van der Waals surface area contributed by atoms with E-state index in [1.165, 1.54) is 13.8 Å². The summed E-state index contributed by atoms with van der Waals surface area (Å²) >= 11 is 0. The summed E-state index contributed by atoms with van der Waals surface area (Å²) in [6, 6.07) is 0. The van der Waals surface area contributed by atoms with Crippen LogP contribution < -0.4 is 0 Å². The number of hydrogen-bond donors (Lipinski definition) is 1. The molecule has 1 atom stereocenters. The molecule has 0 radical (unpaired) electrons. The van der Waals surface area contributed by atoms with Gasteiger partial charge in [-0.25, -0.2) is 0 Å². The second kappa shape index (κ2) is 4.54. The van der Waals surface area contributed by atoms with Crippen molar-refractivity contribution in [2.75, 3.05) is 0 Å². The highest BCUT2D eigenvalue weighted by Crippen LogP contribution is 1.93. The summed E-state index contributed by atoms with van der Waals surface area (Å²) in [7, 11) is 0. The fourth-order valence-corrected chi connectivity index (χ4v) is 0.174. The average Bonchev–Trinajstić information content (AvgIpc) is 1.64. The molecule has 0 spiro atoms. The Morgan fingerprint density at radius 3 is 1.78 bits per heavy atom. The Hall–Kier alpha value is -0.328. The highest BCUT2D eigenvalue weighted by molar-refractivity contribution is 5.96. The number of rotatable bonds is 2. The normalized spacial score (nSPS) is 11.3. The first-order chi connectivity index (χ1) is 3.55. The molecule has 0 saturated heterocycles. The van der Waals surface area contributed by atoms with E-state index in [2.05, 4.69) is 0 Å². The fourth-order valence-electron chi connectivity index (χ4n) is 0.174. The lowest BCUT2D eigenvalue weighted by Crippen LogP contribution is -2.16. The average molecular weight is 146 g/mol. The Bertz CT molecular complexity index is 107. The Morgan fingerprint density at radius 2 is 1.78 bits per heavy atom. The molecule has 3 nitrogen and oxygen atoms in total. The Kier molecular flexibility index (Phi) is 5.79. The van der Waals surface area contributed by atoms with E-state index in [-0.39, 0.29) is 23.1 Å². The lowest BCUT2D eigenvalue weighted by molar-refractivity contribution is -0.144. The smallest absolute Gasteiger partial charge is 0.313 e. The number of carbonyl (C=O) groups is 2. The first kappa shape index (κ1) is 11.5. The Balaban J connectivity index is 0. The maximum atomic E-state index is 10.2. The molecule has 0 aromatic rings. The molecule has 0 amide bonds. The monoisotopic (exact) mass is 146 g/mol. The summed E-state index contributed by atoms with van der Waals surface area (Å²) in [5.74, 6) is -2.22. The standard InChI is InChI=1S/C5H8O3.Al.3H/c1-3(4(2)6)5(7)8;;;;/h3H,1-2H3,(H,7,8);;;;. The predicted octanol–water partition coefficient (Wildman–Crippen LogP) is -0.888. The van der Waals surface area contributed by atoms with E-state index in [0.717, 1.165) is 0 Å². The van der Waals surface area contributed by atoms with Gasteiger partial charge in [0.1, 0.15) is 11.7 Å². The first-order valence-corrected chi connectivity index (χ1v) is 2.29. The van der Waals surface area contributed by atoms with E-state index in [9.17, 15) is 9.59 Å². The van der Waals surface area contributed by atoms with Crippen LogP contribution in [0.3, 0.4) is 0 Å². The van der Waals surface area contributed by atoms with Crippen LogP contribution in [0.2, 0.25) is 0 Å². The van der Waals surface area contributed by atoms with Gasteiger partial charge in [0.2, 0.25) is 0 Å². The topological polar surface area (TPSA) is 54.4 Å². The molecule has 9 heavy (non-hydrogen) atoms. The van der Waals surface area contributed by atoms with E-state index in [0.29, 0.717) is 0 Å². The third-order valence-corrected chi connectivity index (χ3v) is 0.980. The van der Waals surface area contributed by atoms with Gasteiger partial charge in [0, 0.05) is 0 Å². The largest absolute Gasteiger partial charge is 0.481 e. The molecular weight excluding hydrogens is 135 g/mol. The fraction of sp³-hybridized carbons (Fsp3) is 0.600. The molecular formula is C5H11AlO3. The number of hydrogen-bond acceptors (Lipinski definition) is 2. The molecule has 0 bridgehead atoms. The van der Waals surface area contributed by atoms with Gasteiger partial charge in [0.05, 0.1) is 0 Å². The molecule has 0 fully saturated rings. The van der Waals surface area contributed by atoms with E-state index < -0.39 is 11.9 Å². The second-order valence-electron chi connectivity index (χ2n) is 1.67. The zero-order valence-corrected chi connectivity index (χ0v) is 4.84. The summed E-state index contributed by atoms with van der Waals surface area (Å²) in [6.07, 6.45) is 0. The van der Waals surface area contributed by atoms with Crippen LogP contribution in [-0.2, 0) is 9.59 Å². The van der Waals surface area contributed by atoms with Crippen LogP contribution in [0.25, 0.3) is 0 Å². The molecule has 0 heterocycles. The second-order valence-corrected chi connectivity index (χ2v) is 1.67.